The Labute approximate surface area is 142 Å². The van der Waals surface area contributed by atoms with E-state index in [1.165, 1.54) is 0 Å². The Hall–Kier alpha value is -2.21. The Kier molecular flexibility index (Phi) is 5.25. The normalized spacial score (nSPS) is 15.5. The van der Waals surface area contributed by atoms with Crippen molar-refractivity contribution in [3.63, 3.8) is 0 Å². The molecule has 1 aliphatic heterocycles. The van der Waals surface area contributed by atoms with Crippen LogP contribution in [-0.4, -0.2) is 41.3 Å². The zero-order valence-corrected chi connectivity index (χ0v) is 14.5. The van der Waals surface area contributed by atoms with Gasteiger partial charge in [-0.2, -0.15) is 0 Å². The van der Waals surface area contributed by atoms with Gasteiger partial charge >= 0.3 is 0 Å². The van der Waals surface area contributed by atoms with Crippen LogP contribution in [0, 0.1) is 13.8 Å². The first-order valence-corrected chi connectivity index (χ1v) is 8.32. The number of hydrogen-bond donors (Lipinski definition) is 0. The molecule has 0 amide bonds. The van der Waals surface area contributed by atoms with Gasteiger partial charge in [-0.15, -0.1) is 0 Å². The SMILES string of the molecule is COCc1nc(C)cc(N2CCC(Oc3ncccc3C)CC2)n1. The lowest BCUT2D eigenvalue weighted by molar-refractivity contribution is 0.162. The van der Waals surface area contributed by atoms with Gasteiger partial charge < -0.3 is 14.4 Å². The summed E-state index contributed by atoms with van der Waals surface area (Å²) in [5.41, 5.74) is 2.05. The van der Waals surface area contributed by atoms with Crippen LogP contribution < -0.4 is 9.64 Å². The third-order valence-corrected chi connectivity index (χ3v) is 4.17. The molecule has 0 atom stereocenters. The highest BCUT2D eigenvalue weighted by Gasteiger charge is 2.22. The standard InChI is InChI=1S/C18H24N4O2/c1-13-5-4-8-19-18(13)24-15-6-9-22(10-7-15)17-11-14(2)20-16(21-17)12-23-3/h4-5,8,11,15H,6-7,9-10,12H2,1-3H3. The molecule has 2 aromatic heterocycles. The van der Waals surface area contributed by atoms with Gasteiger partial charge in [0.15, 0.2) is 5.82 Å². The quantitative estimate of drug-likeness (QED) is 0.841. The highest BCUT2D eigenvalue weighted by Crippen LogP contribution is 2.23. The number of rotatable bonds is 5. The number of aromatic nitrogens is 3. The summed E-state index contributed by atoms with van der Waals surface area (Å²) in [6.45, 7) is 6.29. The van der Waals surface area contributed by atoms with Crippen LogP contribution in [0.2, 0.25) is 0 Å². The largest absolute Gasteiger partial charge is 0.474 e. The van der Waals surface area contributed by atoms with Gasteiger partial charge in [0.1, 0.15) is 18.5 Å². The Balaban J connectivity index is 1.62. The van der Waals surface area contributed by atoms with Crippen LogP contribution in [-0.2, 0) is 11.3 Å². The van der Waals surface area contributed by atoms with Gasteiger partial charge in [0.2, 0.25) is 5.88 Å². The molecule has 2 aromatic rings. The van der Waals surface area contributed by atoms with Crippen molar-refractivity contribution >= 4 is 5.82 Å². The maximum atomic E-state index is 6.07. The van der Waals surface area contributed by atoms with Gasteiger partial charge in [0.05, 0.1) is 0 Å². The Morgan fingerprint density at radius 3 is 2.71 bits per heavy atom. The van der Waals surface area contributed by atoms with E-state index in [2.05, 4.69) is 19.9 Å². The molecule has 3 rings (SSSR count). The number of pyridine rings is 1. The molecule has 1 aliphatic rings. The van der Waals surface area contributed by atoms with Crippen molar-refractivity contribution in [2.75, 3.05) is 25.1 Å². The minimum Gasteiger partial charge on any atom is -0.474 e. The summed E-state index contributed by atoms with van der Waals surface area (Å²) in [6.07, 6.45) is 3.90. The van der Waals surface area contributed by atoms with Crippen LogP contribution >= 0.6 is 0 Å². The van der Waals surface area contributed by atoms with E-state index in [4.69, 9.17) is 9.47 Å². The molecule has 128 valence electrons. The van der Waals surface area contributed by atoms with Crippen molar-refractivity contribution in [3.8, 4) is 5.88 Å². The highest BCUT2D eigenvalue weighted by molar-refractivity contribution is 5.40. The number of piperidine rings is 1. The molecule has 0 N–H and O–H groups in total. The predicted molar refractivity (Wildman–Crippen MR) is 92.3 cm³/mol. The van der Waals surface area contributed by atoms with Crippen molar-refractivity contribution in [2.45, 2.75) is 39.4 Å². The Morgan fingerprint density at radius 2 is 2.00 bits per heavy atom. The number of aryl methyl sites for hydroxylation is 2. The lowest BCUT2D eigenvalue weighted by Gasteiger charge is -2.33. The second-order valence-electron chi connectivity index (χ2n) is 6.15. The third kappa shape index (κ3) is 4.00. The molecule has 1 fully saturated rings. The monoisotopic (exact) mass is 328 g/mol. The molecule has 3 heterocycles. The van der Waals surface area contributed by atoms with Crippen molar-refractivity contribution in [1.29, 1.82) is 0 Å². The first kappa shape index (κ1) is 16.6. The summed E-state index contributed by atoms with van der Waals surface area (Å²) in [7, 11) is 1.66. The number of nitrogens with zero attached hydrogens (tertiary/aromatic N) is 4. The summed E-state index contributed by atoms with van der Waals surface area (Å²) in [4.78, 5) is 15.6. The summed E-state index contributed by atoms with van der Waals surface area (Å²) >= 11 is 0. The summed E-state index contributed by atoms with van der Waals surface area (Å²) < 4.78 is 11.2. The van der Waals surface area contributed by atoms with E-state index in [0.717, 1.165) is 54.7 Å². The Morgan fingerprint density at radius 1 is 1.21 bits per heavy atom. The topological polar surface area (TPSA) is 60.4 Å². The van der Waals surface area contributed by atoms with Crippen LogP contribution in [0.1, 0.15) is 29.9 Å². The molecule has 0 aliphatic carbocycles. The minimum atomic E-state index is 0.205. The molecule has 6 heteroatoms. The van der Waals surface area contributed by atoms with Gasteiger partial charge in [0.25, 0.3) is 0 Å². The second kappa shape index (κ2) is 7.57. The fraction of sp³-hybridized carbons (Fsp3) is 0.500. The van der Waals surface area contributed by atoms with Gasteiger partial charge in [-0.1, -0.05) is 6.07 Å². The number of hydrogen-bond acceptors (Lipinski definition) is 6. The van der Waals surface area contributed by atoms with E-state index in [1.54, 1.807) is 13.3 Å². The molecule has 24 heavy (non-hydrogen) atoms. The lowest BCUT2D eigenvalue weighted by Crippen LogP contribution is -2.39. The molecule has 0 unspecified atom stereocenters. The van der Waals surface area contributed by atoms with Crippen LogP contribution in [0.25, 0.3) is 0 Å². The first-order chi connectivity index (χ1) is 11.7. The number of anilines is 1. The average molecular weight is 328 g/mol. The smallest absolute Gasteiger partial charge is 0.216 e. The van der Waals surface area contributed by atoms with Crippen molar-refractivity contribution < 1.29 is 9.47 Å². The van der Waals surface area contributed by atoms with Crippen LogP contribution in [0.15, 0.2) is 24.4 Å². The van der Waals surface area contributed by atoms with Crippen molar-refractivity contribution in [3.05, 3.63) is 41.5 Å². The van der Waals surface area contributed by atoms with E-state index >= 15 is 0 Å². The fourth-order valence-corrected chi connectivity index (χ4v) is 2.92. The molecule has 0 bridgehead atoms. The second-order valence-corrected chi connectivity index (χ2v) is 6.15. The predicted octanol–water partition coefficient (Wildman–Crippen LogP) is 2.68. The van der Waals surface area contributed by atoms with Gasteiger partial charge in [-0.3, -0.25) is 0 Å². The van der Waals surface area contributed by atoms with Crippen LogP contribution in [0.5, 0.6) is 5.88 Å². The number of ether oxygens (including phenoxy) is 2. The summed E-state index contributed by atoms with van der Waals surface area (Å²) in [5, 5.41) is 0. The molecular formula is C18H24N4O2. The molecule has 0 spiro atoms. The molecule has 1 saturated heterocycles. The van der Waals surface area contributed by atoms with Crippen molar-refractivity contribution in [2.24, 2.45) is 0 Å². The average Bonchev–Trinajstić information content (AvgIpc) is 2.57. The first-order valence-electron chi connectivity index (χ1n) is 8.32. The maximum absolute atomic E-state index is 6.07. The molecule has 0 saturated carbocycles. The summed E-state index contributed by atoms with van der Waals surface area (Å²) in [5.74, 6) is 2.45. The fourth-order valence-electron chi connectivity index (χ4n) is 2.92. The van der Waals surface area contributed by atoms with Crippen LogP contribution in [0.4, 0.5) is 5.82 Å². The Bertz CT molecular complexity index is 684. The maximum Gasteiger partial charge on any atom is 0.216 e. The molecular weight excluding hydrogens is 304 g/mol. The van der Waals surface area contributed by atoms with E-state index in [0.29, 0.717) is 6.61 Å². The minimum absolute atomic E-state index is 0.205. The third-order valence-electron chi connectivity index (χ3n) is 4.17. The zero-order valence-electron chi connectivity index (χ0n) is 14.5. The van der Waals surface area contributed by atoms with Gasteiger partial charge in [-0.25, -0.2) is 15.0 Å². The van der Waals surface area contributed by atoms with E-state index < -0.39 is 0 Å². The lowest BCUT2D eigenvalue weighted by atomic mass is 10.1. The van der Waals surface area contributed by atoms with Gasteiger partial charge in [-0.05, 0) is 19.9 Å². The molecule has 0 radical (unpaired) electrons. The number of methoxy groups -OCH3 is 1. The van der Waals surface area contributed by atoms with E-state index in [9.17, 15) is 0 Å². The summed E-state index contributed by atoms with van der Waals surface area (Å²) in [6, 6.07) is 5.99. The molecule has 6 nitrogen and oxygen atoms in total. The van der Waals surface area contributed by atoms with Crippen LogP contribution in [0.3, 0.4) is 0 Å². The van der Waals surface area contributed by atoms with E-state index in [1.807, 2.05) is 32.0 Å². The highest BCUT2D eigenvalue weighted by atomic mass is 16.5. The zero-order chi connectivity index (χ0) is 16.9. The van der Waals surface area contributed by atoms with Gasteiger partial charge in [0, 0.05) is 56.6 Å². The van der Waals surface area contributed by atoms with Crippen molar-refractivity contribution in [1.82, 2.24) is 15.0 Å². The molecule has 0 aromatic carbocycles. The van der Waals surface area contributed by atoms with E-state index in [-0.39, 0.29) is 6.10 Å².